The zero-order valence-electron chi connectivity index (χ0n) is 8.88. The maximum atomic E-state index is 6.16. The SMILES string of the molecule is CC(C)(N)C1=CCCc2ccccc21. The summed E-state index contributed by atoms with van der Waals surface area (Å²) in [4.78, 5) is 0. The lowest BCUT2D eigenvalue weighted by Gasteiger charge is -2.28. The number of hydrogen-bond acceptors (Lipinski definition) is 1. The maximum Gasteiger partial charge on any atom is 0.0355 e. The van der Waals surface area contributed by atoms with Crippen molar-refractivity contribution in [3.63, 3.8) is 0 Å². The van der Waals surface area contributed by atoms with Gasteiger partial charge >= 0.3 is 0 Å². The highest BCUT2D eigenvalue weighted by molar-refractivity contribution is 5.75. The van der Waals surface area contributed by atoms with Crippen molar-refractivity contribution >= 4 is 5.57 Å². The van der Waals surface area contributed by atoms with E-state index in [2.05, 4.69) is 44.2 Å². The fraction of sp³-hybridized carbons (Fsp3) is 0.385. The van der Waals surface area contributed by atoms with Crippen molar-refractivity contribution in [1.29, 1.82) is 0 Å². The van der Waals surface area contributed by atoms with Gasteiger partial charge in [0.2, 0.25) is 0 Å². The van der Waals surface area contributed by atoms with Crippen LogP contribution in [0.25, 0.3) is 5.57 Å². The molecule has 74 valence electrons. The molecule has 1 heteroatoms. The summed E-state index contributed by atoms with van der Waals surface area (Å²) in [6, 6.07) is 8.57. The van der Waals surface area contributed by atoms with E-state index in [0.717, 1.165) is 12.8 Å². The summed E-state index contributed by atoms with van der Waals surface area (Å²) < 4.78 is 0. The van der Waals surface area contributed by atoms with E-state index in [1.54, 1.807) is 0 Å². The molecular formula is C13H17N. The van der Waals surface area contributed by atoms with E-state index in [9.17, 15) is 0 Å². The van der Waals surface area contributed by atoms with E-state index in [1.165, 1.54) is 16.7 Å². The molecule has 0 saturated carbocycles. The zero-order chi connectivity index (χ0) is 10.2. The summed E-state index contributed by atoms with van der Waals surface area (Å²) in [7, 11) is 0. The Labute approximate surface area is 85.6 Å². The maximum absolute atomic E-state index is 6.16. The van der Waals surface area contributed by atoms with Gasteiger partial charge in [-0.25, -0.2) is 0 Å². The second kappa shape index (κ2) is 3.25. The van der Waals surface area contributed by atoms with Crippen LogP contribution in [-0.4, -0.2) is 5.54 Å². The monoisotopic (exact) mass is 187 g/mol. The molecule has 0 saturated heterocycles. The summed E-state index contributed by atoms with van der Waals surface area (Å²) in [5.74, 6) is 0. The Hall–Kier alpha value is -1.08. The Morgan fingerprint density at radius 3 is 2.64 bits per heavy atom. The molecule has 0 bridgehead atoms. The lowest BCUT2D eigenvalue weighted by Crippen LogP contribution is -2.34. The fourth-order valence-electron chi connectivity index (χ4n) is 2.09. The lowest BCUT2D eigenvalue weighted by molar-refractivity contribution is 0.667. The quantitative estimate of drug-likeness (QED) is 0.718. The number of benzene rings is 1. The molecule has 14 heavy (non-hydrogen) atoms. The van der Waals surface area contributed by atoms with Crippen molar-refractivity contribution < 1.29 is 0 Å². The molecule has 1 aliphatic carbocycles. The summed E-state index contributed by atoms with van der Waals surface area (Å²) >= 11 is 0. The molecule has 1 aromatic carbocycles. The number of hydrogen-bond donors (Lipinski definition) is 1. The highest BCUT2D eigenvalue weighted by atomic mass is 14.7. The molecule has 0 radical (unpaired) electrons. The van der Waals surface area contributed by atoms with Crippen molar-refractivity contribution in [2.24, 2.45) is 5.73 Å². The van der Waals surface area contributed by atoms with Crippen molar-refractivity contribution in [2.45, 2.75) is 32.2 Å². The van der Waals surface area contributed by atoms with E-state index in [1.807, 2.05) is 0 Å². The van der Waals surface area contributed by atoms with E-state index < -0.39 is 0 Å². The first kappa shape index (κ1) is 9.47. The number of fused-ring (bicyclic) bond motifs is 1. The molecular weight excluding hydrogens is 170 g/mol. The average molecular weight is 187 g/mol. The average Bonchev–Trinajstić information content (AvgIpc) is 2.15. The van der Waals surface area contributed by atoms with Gasteiger partial charge in [0.15, 0.2) is 0 Å². The molecule has 0 heterocycles. The van der Waals surface area contributed by atoms with Crippen molar-refractivity contribution in [3.8, 4) is 0 Å². The van der Waals surface area contributed by atoms with Crippen LogP contribution in [0.2, 0.25) is 0 Å². The van der Waals surface area contributed by atoms with Gasteiger partial charge in [0.25, 0.3) is 0 Å². The second-order valence-electron chi connectivity index (χ2n) is 4.54. The van der Waals surface area contributed by atoms with Gasteiger partial charge in [-0.15, -0.1) is 0 Å². The molecule has 0 aliphatic heterocycles. The van der Waals surface area contributed by atoms with Crippen LogP contribution >= 0.6 is 0 Å². The molecule has 1 aromatic rings. The molecule has 0 spiro atoms. The largest absolute Gasteiger partial charge is 0.322 e. The minimum Gasteiger partial charge on any atom is -0.322 e. The molecule has 0 unspecified atom stereocenters. The Balaban J connectivity index is 2.51. The number of rotatable bonds is 1. The van der Waals surface area contributed by atoms with Gasteiger partial charge in [-0.2, -0.15) is 0 Å². The van der Waals surface area contributed by atoms with Gasteiger partial charge in [0.1, 0.15) is 0 Å². The van der Waals surface area contributed by atoms with Gasteiger partial charge < -0.3 is 5.73 Å². The van der Waals surface area contributed by atoms with Gasteiger partial charge in [-0.1, -0.05) is 30.3 Å². The van der Waals surface area contributed by atoms with Gasteiger partial charge in [0.05, 0.1) is 0 Å². The van der Waals surface area contributed by atoms with Crippen LogP contribution in [0.1, 0.15) is 31.4 Å². The normalized spacial score (nSPS) is 16.1. The number of aryl methyl sites for hydroxylation is 1. The zero-order valence-corrected chi connectivity index (χ0v) is 8.88. The van der Waals surface area contributed by atoms with Crippen LogP contribution in [0, 0.1) is 0 Å². The van der Waals surface area contributed by atoms with Crippen LogP contribution in [0.4, 0.5) is 0 Å². The molecule has 0 amide bonds. The summed E-state index contributed by atoms with van der Waals surface area (Å²) in [5.41, 5.74) is 10.00. The van der Waals surface area contributed by atoms with Crippen LogP contribution in [0.15, 0.2) is 30.3 Å². The van der Waals surface area contributed by atoms with E-state index in [0.29, 0.717) is 0 Å². The third-order valence-electron chi connectivity index (χ3n) is 2.76. The third kappa shape index (κ3) is 1.60. The van der Waals surface area contributed by atoms with Crippen molar-refractivity contribution in [1.82, 2.24) is 0 Å². The summed E-state index contributed by atoms with van der Waals surface area (Å²) in [6.45, 7) is 4.14. The van der Waals surface area contributed by atoms with Gasteiger partial charge in [-0.3, -0.25) is 0 Å². The fourth-order valence-corrected chi connectivity index (χ4v) is 2.09. The predicted octanol–water partition coefficient (Wildman–Crippen LogP) is 2.75. The van der Waals surface area contributed by atoms with Crippen molar-refractivity contribution in [3.05, 3.63) is 41.5 Å². The Morgan fingerprint density at radius 1 is 1.21 bits per heavy atom. The highest BCUT2D eigenvalue weighted by Gasteiger charge is 2.22. The van der Waals surface area contributed by atoms with E-state index in [4.69, 9.17) is 5.73 Å². The molecule has 0 atom stereocenters. The molecule has 1 aliphatic rings. The van der Waals surface area contributed by atoms with Gasteiger partial charge in [0, 0.05) is 5.54 Å². The molecule has 2 rings (SSSR count). The lowest BCUT2D eigenvalue weighted by atomic mass is 9.81. The smallest absolute Gasteiger partial charge is 0.0355 e. The molecule has 0 fully saturated rings. The first-order chi connectivity index (χ1) is 6.59. The molecule has 0 aromatic heterocycles. The van der Waals surface area contributed by atoms with Crippen LogP contribution < -0.4 is 5.73 Å². The summed E-state index contributed by atoms with van der Waals surface area (Å²) in [6.07, 6.45) is 4.55. The topological polar surface area (TPSA) is 26.0 Å². The molecule has 1 nitrogen and oxygen atoms in total. The molecule has 2 N–H and O–H groups in total. The van der Waals surface area contributed by atoms with E-state index >= 15 is 0 Å². The minimum atomic E-state index is -0.226. The number of nitrogens with two attached hydrogens (primary N) is 1. The first-order valence-electron chi connectivity index (χ1n) is 5.17. The Bertz CT molecular complexity index is 369. The minimum absolute atomic E-state index is 0.226. The Morgan fingerprint density at radius 2 is 1.93 bits per heavy atom. The standard InChI is InChI=1S/C13H17N/c1-13(2,14)12-9-5-7-10-6-3-4-8-11(10)12/h3-4,6,8-9H,5,7,14H2,1-2H3. The summed E-state index contributed by atoms with van der Waals surface area (Å²) in [5, 5.41) is 0. The van der Waals surface area contributed by atoms with Crippen LogP contribution in [0.3, 0.4) is 0 Å². The van der Waals surface area contributed by atoms with Gasteiger partial charge in [-0.05, 0) is 43.4 Å². The third-order valence-corrected chi connectivity index (χ3v) is 2.76. The Kier molecular flexibility index (Phi) is 2.20. The van der Waals surface area contributed by atoms with E-state index in [-0.39, 0.29) is 5.54 Å². The predicted molar refractivity (Wildman–Crippen MR) is 61.0 cm³/mol. The van der Waals surface area contributed by atoms with Crippen molar-refractivity contribution in [2.75, 3.05) is 0 Å². The second-order valence-corrected chi connectivity index (χ2v) is 4.54. The van der Waals surface area contributed by atoms with Crippen LogP contribution in [-0.2, 0) is 6.42 Å². The first-order valence-corrected chi connectivity index (χ1v) is 5.17. The number of allylic oxidation sites excluding steroid dienone is 1. The highest BCUT2D eigenvalue weighted by Crippen LogP contribution is 2.32. The van der Waals surface area contributed by atoms with Crippen LogP contribution in [0.5, 0.6) is 0 Å².